The van der Waals surface area contributed by atoms with E-state index in [1.807, 2.05) is 11.1 Å². The molecule has 2 aliphatic carbocycles. The second-order valence-electron chi connectivity index (χ2n) is 13.4. The topological polar surface area (TPSA) is 82.5 Å². The molecule has 2 aromatic heterocycles. The molecular formula is C32H38ClN7O2. The fraction of sp³-hybridized carbons (Fsp3) is 0.594. The number of amides is 1. The zero-order valence-electron chi connectivity index (χ0n) is 24.7. The number of likely N-dealkylation sites (tertiary alicyclic amines) is 1. The molecule has 2 spiro atoms. The summed E-state index contributed by atoms with van der Waals surface area (Å²) < 4.78 is 7.84. The van der Waals surface area contributed by atoms with Crippen LogP contribution in [0, 0.1) is 31.1 Å². The van der Waals surface area contributed by atoms with Crippen molar-refractivity contribution in [1.82, 2.24) is 29.8 Å². The number of nitrogens with zero attached hydrogens (tertiary/aromatic N) is 6. The molecule has 0 atom stereocenters. The fourth-order valence-corrected chi connectivity index (χ4v) is 8.60. The zero-order chi connectivity index (χ0) is 28.8. The highest BCUT2D eigenvalue weighted by molar-refractivity contribution is 6.36. The van der Waals surface area contributed by atoms with Gasteiger partial charge in [0.1, 0.15) is 0 Å². The molecule has 9 nitrogen and oxygen atoms in total. The number of hydrogen-bond acceptors (Lipinski definition) is 6. The molecule has 5 heterocycles. The number of aryl methyl sites for hydroxylation is 1. The van der Waals surface area contributed by atoms with Gasteiger partial charge in [0.15, 0.2) is 5.82 Å². The van der Waals surface area contributed by atoms with Crippen molar-refractivity contribution in [3.8, 4) is 23.0 Å². The Kier molecular flexibility index (Phi) is 5.99. The smallest absolute Gasteiger partial charge is 0.298 e. The molecule has 0 bridgehead atoms. The van der Waals surface area contributed by atoms with Crippen LogP contribution in [0.5, 0.6) is 0 Å². The summed E-state index contributed by atoms with van der Waals surface area (Å²) in [6, 6.07) is 2.94. The lowest BCUT2D eigenvalue weighted by Crippen LogP contribution is -2.69. The number of anilines is 1. The third kappa shape index (κ3) is 3.81. The van der Waals surface area contributed by atoms with E-state index < -0.39 is 0 Å². The van der Waals surface area contributed by atoms with Gasteiger partial charge in [-0.05, 0) is 70.4 Å². The molecule has 220 valence electrons. The van der Waals surface area contributed by atoms with Crippen molar-refractivity contribution in [2.45, 2.75) is 70.5 Å². The summed E-state index contributed by atoms with van der Waals surface area (Å²) in [5, 5.41) is 14.9. The maximum absolute atomic E-state index is 12.3. The molecule has 1 N–H and O–H groups in total. The van der Waals surface area contributed by atoms with Crippen LogP contribution in [-0.2, 0) is 9.53 Å². The third-order valence-corrected chi connectivity index (χ3v) is 11.3. The number of carbonyl (C=O) groups excluding carboxylic acids is 1. The number of ether oxygens (including phenoxy) is 1. The first-order valence-corrected chi connectivity index (χ1v) is 15.7. The van der Waals surface area contributed by atoms with Crippen LogP contribution in [0.1, 0.15) is 56.3 Å². The minimum Gasteiger partial charge on any atom is -0.378 e. The lowest BCUT2D eigenvalue weighted by molar-refractivity contribution is -0.148. The Balaban J connectivity index is 1.18. The van der Waals surface area contributed by atoms with E-state index in [-0.39, 0.29) is 16.9 Å². The van der Waals surface area contributed by atoms with Crippen molar-refractivity contribution in [2.24, 2.45) is 5.41 Å². The zero-order valence-corrected chi connectivity index (χ0v) is 25.4. The molecule has 5 fully saturated rings. The van der Waals surface area contributed by atoms with Gasteiger partial charge >= 0.3 is 0 Å². The third-order valence-electron chi connectivity index (χ3n) is 10.9. The number of hydrogen-bond donors (Lipinski definition) is 1. The second-order valence-corrected chi connectivity index (χ2v) is 13.8. The lowest BCUT2D eigenvalue weighted by Gasteiger charge is -2.59. The summed E-state index contributed by atoms with van der Waals surface area (Å²) in [5.41, 5.74) is 5.66. The van der Waals surface area contributed by atoms with Gasteiger partial charge in [0.05, 0.1) is 47.6 Å². The molecule has 3 aromatic rings. The van der Waals surface area contributed by atoms with Gasteiger partial charge in [0.25, 0.3) is 5.91 Å². The Morgan fingerprint density at radius 2 is 1.90 bits per heavy atom. The maximum Gasteiger partial charge on any atom is 0.298 e. The Bertz CT molecular complexity index is 1640. The molecule has 8 rings (SSSR count). The first kappa shape index (κ1) is 26.6. The predicted molar refractivity (Wildman–Crippen MR) is 163 cm³/mol. The molecule has 42 heavy (non-hydrogen) atoms. The van der Waals surface area contributed by atoms with Gasteiger partial charge in [-0.25, -0.2) is 0 Å². The molecule has 2 saturated carbocycles. The number of piperazine rings is 1. The summed E-state index contributed by atoms with van der Waals surface area (Å²) in [6.07, 6.45) is 7.58. The number of halogens is 1. The van der Waals surface area contributed by atoms with E-state index in [1.165, 1.54) is 19.3 Å². The van der Waals surface area contributed by atoms with Crippen molar-refractivity contribution >= 4 is 34.2 Å². The second kappa shape index (κ2) is 9.47. The Morgan fingerprint density at radius 3 is 2.57 bits per heavy atom. The van der Waals surface area contributed by atoms with Gasteiger partial charge < -0.3 is 14.5 Å². The summed E-state index contributed by atoms with van der Waals surface area (Å²) in [7, 11) is 0. The highest BCUT2D eigenvalue weighted by Crippen LogP contribution is 2.56. The predicted octanol–water partition coefficient (Wildman–Crippen LogP) is 4.33. The van der Waals surface area contributed by atoms with Crippen LogP contribution in [0.3, 0.4) is 0 Å². The summed E-state index contributed by atoms with van der Waals surface area (Å²) in [6.45, 7) is 12.3. The largest absolute Gasteiger partial charge is 0.378 e. The van der Waals surface area contributed by atoms with Gasteiger partial charge in [-0.1, -0.05) is 17.5 Å². The number of rotatable bonds is 4. The molecule has 1 amide bonds. The molecule has 5 aliphatic rings. The normalized spacial score (nSPS) is 23.3. The molecule has 3 aliphatic heterocycles. The number of carbonyl (C=O) groups is 1. The van der Waals surface area contributed by atoms with E-state index in [2.05, 4.69) is 56.4 Å². The SMILES string of the molecule is CC#CC(=O)N1CC2(CC(n3nc(N4CCN(C5COC5)CC45CCC5)c(-c4c(Cl)c(C)cc5[nH]ncc45)c3C)C2)C1. The van der Waals surface area contributed by atoms with Crippen molar-refractivity contribution < 1.29 is 9.53 Å². The monoisotopic (exact) mass is 587 g/mol. The molecule has 3 saturated heterocycles. The van der Waals surface area contributed by atoms with E-state index in [1.54, 1.807) is 6.92 Å². The van der Waals surface area contributed by atoms with Crippen molar-refractivity contribution in [3.05, 3.63) is 28.5 Å². The number of fused-ring (bicyclic) bond motifs is 1. The summed E-state index contributed by atoms with van der Waals surface area (Å²) in [5.74, 6) is 6.45. The van der Waals surface area contributed by atoms with Gasteiger partial charge in [-0.3, -0.25) is 19.5 Å². The van der Waals surface area contributed by atoms with Crippen molar-refractivity contribution in [3.63, 3.8) is 0 Å². The van der Waals surface area contributed by atoms with E-state index in [0.717, 1.165) is 103 Å². The summed E-state index contributed by atoms with van der Waals surface area (Å²) >= 11 is 7.17. The molecule has 10 heteroatoms. The quantitative estimate of drug-likeness (QED) is 0.458. The highest BCUT2D eigenvalue weighted by Gasteiger charge is 2.55. The number of benzene rings is 1. The minimum atomic E-state index is -0.0527. The van der Waals surface area contributed by atoms with E-state index >= 15 is 0 Å². The van der Waals surface area contributed by atoms with Crippen LogP contribution in [0.15, 0.2) is 12.3 Å². The van der Waals surface area contributed by atoms with Crippen molar-refractivity contribution in [1.29, 1.82) is 0 Å². The van der Waals surface area contributed by atoms with Gasteiger partial charge in [-0.2, -0.15) is 10.2 Å². The Labute approximate surface area is 251 Å². The van der Waals surface area contributed by atoms with Crippen molar-refractivity contribution in [2.75, 3.05) is 50.8 Å². The van der Waals surface area contributed by atoms with Crippen LogP contribution >= 0.6 is 11.6 Å². The first-order valence-electron chi connectivity index (χ1n) is 15.3. The van der Waals surface area contributed by atoms with Gasteiger partial charge in [0.2, 0.25) is 0 Å². The van der Waals surface area contributed by atoms with Crippen LogP contribution < -0.4 is 4.90 Å². The Hall–Kier alpha value is -3.06. The number of nitrogens with one attached hydrogen (secondary N) is 1. The standard InChI is InChI=1S/C32H38ClN7O2/c1-4-6-26(41)38-17-31(18-38)12-22(13-31)40-21(3)27(28-24-14-34-35-25(24)11-20(2)29(28)33)30(36-40)39-10-9-37(23-15-42-16-23)19-32(39)7-5-8-32/h11,14,22-23H,5,7-10,12-13,15-19H2,1-3H3,(H,34,35). The average molecular weight is 588 g/mol. The fourth-order valence-electron chi connectivity index (χ4n) is 8.35. The van der Waals surface area contributed by atoms with Crippen LogP contribution in [-0.4, -0.2) is 93.2 Å². The van der Waals surface area contributed by atoms with E-state index in [9.17, 15) is 4.79 Å². The molecule has 0 radical (unpaired) electrons. The highest BCUT2D eigenvalue weighted by atomic mass is 35.5. The minimum absolute atomic E-state index is 0.0527. The number of H-pyrrole nitrogens is 1. The van der Waals surface area contributed by atoms with Gasteiger partial charge in [-0.15, -0.1) is 0 Å². The van der Waals surface area contributed by atoms with Crippen LogP contribution in [0.25, 0.3) is 22.0 Å². The first-order chi connectivity index (χ1) is 20.3. The Morgan fingerprint density at radius 1 is 1.12 bits per heavy atom. The molecule has 1 aromatic carbocycles. The molecular weight excluding hydrogens is 550 g/mol. The van der Waals surface area contributed by atoms with E-state index in [4.69, 9.17) is 21.4 Å². The summed E-state index contributed by atoms with van der Waals surface area (Å²) in [4.78, 5) is 19.4. The van der Waals surface area contributed by atoms with E-state index in [0.29, 0.717) is 12.1 Å². The van der Waals surface area contributed by atoms with Crippen LogP contribution in [0.4, 0.5) is 5.82 Å². The average Bonchev–Trinajstić information content (AvgIpc) is 3.46. The maximum atomic E-state index is 12.3. The van der Waals surface area contributed by atoms with Gasteiger partial charge in [0, 0.05) is 60.3 Å². The number of aromatic amines is 1. The van der Waals surface area contributed by atoms with Crippen LogP contribution in [0.2, 0.25) is 5.02 Å². The number of aromatic nitrogens is 4. The lowest BCUT2D eigenvalue weighted by atomic mass is 9.60. The molecule has 0 unspecified atom stereocenters.